The fourth-order valence-electron chi connectivity index (χ4n) is 3.00. The van der Waals surface area contributed by atoms with Crippen molar-refractivity contribution in [3.63, 3.8) is 0 Å². The van der Waals surface area contributed by atoms with E-state index in [-0.39, 0.29) is 41.2 Å². The predicted molar refractivity (Wildman–Crippen MR) is 105 cm³/mol. The summed E-state index contributed by atoms with van der Waals surface area (Å²) in [5.41, 5.74) is 0.443. The summed E-state index contributed by atoms with van der Waals surface area (Å²) in [4.78, 5) is 37.2. The third kappa shape index (κ3) is 3.66. The average Bonchev–Trinajstić information content (AvgIpc) is 3.44. The van der Waals surface area contributed by atoms with Gasteiger partial charge in [-0.2, -0.15) is 5.10 Å². The van der Waals surface area contributed by atoms with Gasteiger partial charge in [-0.15, -0.1) is 0 Å². The molecule has 1 N–H and O–H groups in total. The molecule has 3 amide bonds. The molecule has 0 spiro atoms. The van der Waals surface area contributed by atoms with E-state index in [4.69, 9.17) is 0 Å². The fraction of sp³-hybridized carbons (Fsp3) is 0.158. The summed E-state index contributed by atoms with van der Waals surface area (Å²) < 4.78 is 17.3. The number of rotatable bonds is 6. The fourth-order valence-corrected chi connectivity index (χ4v) is 3.75. The molecule has 148 valence electrons. The maximum absolute atomic E-state index is 14.3. The molecule has 8 nitrogen and oxygen atoms in total. The third-order valence-corrected chi connectivity index (χ3v) is 5.24. The van der Waals surface area contributed by atoms with Crippen LogP contribution in [-0.2, 0) is 4.79 Å². The zero-order chi connectivity index (χ0) is 20.4. The van der Waals surface area contributed by atoms with Crippen molar-refractivity contribution in [3.8, 4) is 11.5 Å². The molecule has 1 aliphatic heterocycles. The van der Waals surface area contributed by atoms with Crippen molar-refractivity contribution >= 4 is 28.8 Å². The first-order chi connectivity index (χ1) is 14.1. The number of amides is 3. The van der Waals surface area contributed by atoms with Gasteiger partial charge in [-0.3, -0.25) is 19.3 Å². The van der Waals surface area contributed by atoms with E-state index < -0.39 is 11.7 Å². The molecule has 4 rings (SSSR count). The lowest BCUT2D eigenvalue weighted by molar-refractivity contribution is -0.124. The molecule has 29 heavy (non-hydrogen) atoms. The van der Waals surface area contributed by atoms with Crippen LogP contribution in [0.4, 0.5) is 9.18 Å². The minimum atomic E-state index is -0.473. The molecule has 0 saturated carbocycles. The number of thioether (sulfide) groups is 1. The van der Waals surface area contributed by atoms with Crippen molar-refractivity contribution in [3.05, 3.63) is 66.4 Å². The molecule has 1 saturated heterocycles. The summed E-state index contributed by atoms with van der Waals surface area (Å²) in [5, 5.41) is 6.59. The zero-order valence-electron chi connectivity index (χ0n) is 15.1. The highest BCUT2D eigenvalue weighted by Gasteiger charge is 2.29. The van der Waals surface area contributed by atoms with Crippen LogP contribution in [0.5, 0.6) is 0 Å². The first kappa shape index (κ1) is 18.9. The molecule has 0 atom stereocenters. The molecular weight excluding hydrogens is 397 g/mol. The summed E-state index contributed by atoms with van der Waals surface area (Å²) in [6, 6.07) is 9.70. The number of carbonyl (C=O) groups is 3. The molecule has 0 unspecified atom stereocenters. The number of benzene rings is 1. The molecule has 3 heterocycles. The first-order valence-electron chi connectivity index (χ1n) is 8.78. The van der Waals surface area contributed by atoms with E-state index in [1.54, 1.807) is 47.3 Å². The van der Waals surface area contributed by atoms with Crippen LogP contribution in [0, 0.1) is 5.82 Å². The molecule has 3 aromatic rings. The van der Waals surface area contributed by atoms with Gasteiger partial charge >= 0.3 is 0 Å². The number of imide groups is 1. The summed E-state index contributed by atoms with van der Waals surface area (Å²) >= 11 is 0.944. The highest BCUT2D eigenvalue weighted by Crippen LogP contribution is 2.22. The summed E-state index contributed by atoms with van der Waals surface area (Å²) in [5.74, 6) is -0.682. The summed E-state index contributed by atoms with van der Waals surface area (Å²) in [7, 11) is 0. The lowest BCUT2D eigenvalue weighted by atomic mass is 10.2. The van der Waals surface area contributed by atoms with Crippen LogP contribution in [0.15, 0.2) is 55.0 Å². The number of aromatic nitrogens is 3. The van der Waals surface area contributed by atoms with Crippen LogP contribution < -0.4 is 5.32 Å². The first-order valence-corrected chi connectivity index (χ1v) is 9.76. The van der Waals surface area contributed by atoms with Gasteiger partial charge in [0.05, 0.1) is 11.9 Å². The number of hydrogen-bond acceptors (Lipinski definition) is 5. The van der Waals surface area contributed by atoms with Gasteiger partial charge in [0.25, 0.3) is 11.1 Å². The van der Waals surface area contributed by atoms with Crippen LogP contribution in [0.1, 0.15) is 10.4 Å². The molecule has 2 aromatic heterocycles. The van der Waals surface area contributed by atoms with Crippen LogP contribution in [0.2, 0.25) is 0 Å². The number of halogens is 1. The Labute approximate surface area is 169 Å². The third-order valence-electron chi connectivity index (χ3n) is 4.38. The summed E-state index contributed by atoms with van der Waals surface area (Å²) in [6.07, 6.45) is 4.81. The normalized spacial score (nSPS) is 13.9. The van der Waals surface area contributed by atoms with Gasteiger partial charge in [-0.1, -0.05) is 23.9 Å². The molecule has 1 aliphatic rings. The van der Waals surface area contributed by atoms with Crippen molar-refractivity contribution < 1.29 is 18.8 Å². The van der Waals surface area contributed by atoms with E-state index in [1.165, 1.54) is 16.9 Å². The lowest BCUT2D eigenvalue weighted by Gasteiger charge is -2.14. The summed E-state index contributed by atoms with van der Waals surface area (Å²) in [6.45, 7) is 0.198. The SMILES string of the molecule is O=C(NCCN1C(=O)CSC1=O)c1cnn(-c2ccccc2F)c1-n1cccc1. The molecular formula is C19H16FN5O3S. The van der Waals surface area contributed by atoms with Gasteiger partial charge in [-0.05, 0) is 24.3 Å². The molecule has 0 aliphatic carbocycles. The molecule has 10 heteroatoms. The Morgan fingerprint density at radius 3 is 2.62 bits per heavy atom. The smallest absolute Gasteiger partial charge is 0.288 e. The highest BCUT2D eigenvalue weighted by atomic mass is 32.2. The van der Waals surface area contributed by atoms with E-state index in [1.807, 2.05) is 0 Å². The Morgan fingerprint density at radius 1 is 1.17 bits per heavy atom. The van der Waals surface area contributed by atoms with Crippen LogP contribution in [0.3, 0.4) is 0 Å². The Kier molecular flexibility index (Phi) is 5.17. The number of hydrogen-bond donors (Lipinski definition) is 1. The monoisotopic (exact) mass is 413 g/mol. The largest absolute Gasteiger partial charge is 0.350 e. The Bertz CT molecular complexity index is 1060. The molecule has 1 fully saturated rings. The van der Waals surface area contributed by atoms with Gasteiger partial charge in [0, 0.05) is 25.5 Å². The molecule has 0 radical (unpaired) electrons. The number of nitrogens with zero attached hydrogens (tertiary/aromatic N) is 4. The number of nitrogens with one attached hydrogen (secondary N) is 1. The lowest BCUT2D eigenvalue weighted by Crippen LogP contribution is -2.37. The van der Waals surface area contributed by atoms with Crippen LogP contribution >= 0.6 is 11.8 Å². The second kappa shape index (κ2) is 7.92. The van der Waals surface area contributed by atoms with Crippen molar-refractivity contribution in [1.29, 1.82) is 0 Å². The second-order valence-electron chi connectivity index (χ2n) is 6.19. The Morgan fingerprint density at radius 2 is 1.93 bits per heavy atom. The van der Waals surface area contributed by atoms with Crippen molar-refractivity contribution in [1.82, 2.24) is 24.6 Å². The Hall–Kier alpha value is -3.40. The van der Waals surface area contributed by atoms with Gasteiger partial charge in [0.2, 0.25) is 5.91 Å². The van der Waals surface area contributed by atoms with Crippen molar-refractivity contribution in [2.45, 2.75) is 0 Å². The van der Waals surface area contributed by atoms with Gasteiger partial charge < -0.3 is 9.88 Å². The minimum Gasteiger partial charge on any atom is -0.350 e. The average molecular weight is 413 g/mol. The number of carbonyl (C=O) groups excluding carboxylic acids is 3. The maximum Gasteiger partial charge on any atom is 0.288 e. The Balaban J connectivity index is 1.59. The quantitative estimate of drug-likeness (QED) is 0.669. The van der Waals surface area contributed by atoms with E-state index in [2.05, 4.69) is 10.4 Å². The van der Waals surface area contributed by atoms with E-state index in [0.717, 1.165) is 16.7 Å². The second-order valence-corrected chi connectivity index (χ2v) is 7.12. The van der Waals surface area contributed by atoms with E-state index in [9.17, 15) is 18.8 Å². The topological polar surface area (TPSA) is 89.2 Å². The number of para-hydroxylation sites is 1. The van der Waals surface area contributed by atoms with E-state index >= 15 is 0 Å². The van der Waals surface area contributed by atoms with Crippen LogP contribution in [0.25, 0.3) is 11.5 Å². The van der Waals surface area contributed by atoms with Crippen LogP contribution in [-0.4, -0.2) is 55.1 Å². The zero-order valence-corrected chi connectivity index (χ0v) is 15.9. The maximum atomic E-state index is 14.3. The van der Waals surface area contributed by atoms with Crippen molar-refractivity contribution in [2.24, 2.45) is 0 Å². The standard InChI is InChI=1S/C19H16FN5O3S/c20-14-5-1-2-6-15(14)25-18(23-8-3-4-9-23)13(11-22-25)17(27)21-7-10-24-16(26)12-29-19(24)28/h1-6,8-9,11H,7,10,12H2,(H,21,27). The van der Waals surface area contributed by atoms with Gasteiger partial charge in [0.15, 0.2) is 5.82 Å². The van der Waals surface area contributed by atoms with Gasteiger partial charge in [-0.25, -0.2) is 9.07 Å². The molecule has 0 bridgehead atoms. The molecule has 1 aromatic carbocycles. The van der Waals surface area contributed by atoms with Crippen molar-refractivity contribution in [2.75, 3.05) is 18.8 Å². The minimum absolute atomic E-state index is 0.0940. The predicted octanol–water partition coefficient (Wildman–Crippen LogP) is 2.23. The van der Waals surface area contributed by atoms with Gasteiger partial charge in [0.1, 0.15) is 17.1 Å². The highest BCUT2D eigenvalue weighted by molar-refractivity contribution is 8.14. The van der Waals surface area contributed by atoms with E-state index in [0.29, 0.717) is 5.82 Å².